The van der Waals surface area contributed by atoms with Gasteiger partial charge in [0.1, 0.15) is 11.5 Å². The molecular weight excluding hydrogens is 659 g/mol. The molecule has 54 heavy (non-hydrogen) atoms. The van der Waals surface area contributed by atoms with E-state index in [9.17, 15) is 0 Å². The number of hydrogen-bond donors (Lipinski definition) is 0. The second kappa shape index (κ2) is 11.9. The highest BCUT2D eigenvalue weighted by Gasteiger charge is 2.51. The Morgan fingerprint density at radius 2 is 0.852 bits per heavy atom. The second-order valence-electron chi connectivity index (χ2n) is 13.9. The second-order valence-corrected chi connectivity index (χ2v) is 13.9. The van der Waals surface area contributed by atoms with Gasteiger partial charge in [-0.15, -0.1) is 0 Å². The van der Waals surface area contributed by atoms with E-state index >= 15 is 0 Å². The van der Waals surface area contributed by atoms with E-state index in [1.54, 1.807) is 0 Å². The van der Waals surface area contributed by atoms with Crippen LogP contribution in [0.25, 0.3) is 67.2 Å². The van der Waals surface area contributed by atoms with E-state index in [4.69, 9.17) is 19.7 Å². The number of hydrogen-bond acceptors (Lipinski definition) is 4. The van der Waals surface area contributed by atoms with E-state index in [2.05, 4.69) is 152 Å². The SMILES string of the molecule is c1ccc(-c2ccc(-c3nc(-c4ccccc4)nc(-c4ccc5c(c4)C4(c6ccccc6-c6ccccc64)c4ccc6ccccc6c4O5)n3)cc2)cc1. The number of aromatic nitrogens is 3. The van der Waals surface area contributed by atoms with Crippen LogP contribution in [-0.2, 0) is 5.41 Å². The van der Waals surface area contributed by atoms with Crippen molar-refractivity contribution in [3.63, 3.8) is 0 Å². The van der Waals surface area contributed by atoms with Crippen LogP contribution in [0.1, 0.15) is 22.3 Å². The summed E-state index contributed by atoms with van der Waals surface area (Å²) in [5, 5.41) is 2.24. The third kappa shape index (κ3) is 4.53. The molecular formula is C50H31N3O. The summed E-state index contributed by atoms with van der Waals surface area (Å²) in [5.41, 5.74) is 11.6. The van der Waals surface area contributed by atoms with Crippen LogP contribution in [0.4, 0.5) is 0 Å². The van der Waals surface area contributed by atoms with E-state index < -0.39 is 5.41 Å². The van der Waals surface area contributed by atoms with Gasteiger partial charge in [0.05, 0.1) is 5.41 Å². The van der Waals surface area contributed by atoms with Crippen molar-refractivity contribution in [2.75, 3.05) is 0 Å². The fourth-order valence-corrected chi connectivity index (χ4v) is 8.56. The van der Waals surface area contributed by atoms with E-state index in [1.807, 2.05) is 36.4 Å². The first kappa shape index (κ1) is 30.5. The molecule has 2 aliphatic rings. The normalized spacial score (nSPS) is 13.1. The van der Waals surface area contributed by atoms with Crippen molar-refractivity contribution < 1.29 is 4.74 Å². The molecule has 9 aromatic rings. The summed E-state index contributed by atoms with van der Waals surface area (Å²) < 4.78 is 6.98. The van der Waals surface area contributed by atoms with Gasteiger partial charge in [0.2, 0.25) is 0 Å². The van der Waals surface area contributed by atoms with E-state index in [1.165, 1.54) is 27.8 Å². The molecule has 0 saturated carbocycles. The summed E-state index contributed by atoms with van der Waals surface area (Å²) in [6.07, 6.45) is 0. The number of nitrogens with zero attached hydrogens (tertiary/aromatic N) is 3. The monoisotopic (exact) mass is 689 g/mol. The third-order valence-corrected chi connectivity index (χ3v) is 11.0. The molecule has 2 heterocycles. The molecule has 0 bridgehead atoms. The summed E-state index contributed by atoms with van der Waals surface area (Å²) in [5.74, 6) is 3.57. The van der Waals surface area contributed by atoms with Gasteiger partial charge < -0.3 is 4.74 Å². The van der Waals surface area contributed by atoms with Crippen LogP contribution in [0.2, 0.25) is 0 Å². The van der Waals surface area contributed by atoms with Crippen LogP contribution in [0, 0.1) is 0 Å². The van der Waals surface area contributed by atoms with Crippen molar-refractivity contribution in [1.29, 1.82) is 0 Å². The van der Waals surface area contributed by atoms with Crippen LogP contribution in [0.3, 0.4) is 0 Å². The molecule has 8 aromatic carbocycles. The molecule has 1 aliphatic heterocycles. The summed E-state index contributed by atoms with van der Waals surface area (Å²) >= 11 is 0. The molecule has 11 rings (SSSR count). The Hall–Kier alpha value is -7.17. The first-order valence-corrected chi connectivity index (χ1v) is 18.3. The van der Waals surface area contributed by atoms with Crippen LogP contribution in [0.15, 0.2) is 188 Å². The lowest BCUT2D eigenvalue weighted by Crippen LogP contribution is -2.32. The van der Waals surface area contributed by atoms with Gasteiger partial charge in [0, 0.05) is 33.2 Å². The highest BCUT2D eigenvalue weighted by molar-refractivity contribution is 5.96. The number of ether oxygens (including phenoxy) is 1. The van der Waals surface area contributed by atoms with E-state index in [0.717, 1.165) is 55.7 Å². The van der Waals surface area contributed by atoms with Crippen LogP contribution in [0.5, 0.6) is 11.5 Å². The summed E-state index contributed by atoms with van der Waals surface area (Å²) in [7, 11) is 0. The molecule has 4 heteroatoms. The lowest BCUT2D eigenvalue weighted by Gasteiger charge is -2.40. The summed E-state index contributed by atoms with van der Waals surface area (Å²) in [4.78, 5) is 15.3. The minimum Gasteiger partial charge on any atom is -0.456 e. The predicted molar refractivity (Wildman–Crippen MR) is 216 cm³/mol. The van der Waals surface area contributed by atoms with Crippen molar-refractivity contribution in [3.8, 4) is 67.9 Å². The molecule has 1 spiro atoms. The molecule has 0 fully saturated rings. The maximum atomic E-state index is 6.98. The molecule has 1 aliphatic carbocycles. The molecule has 4 nitrogen and oxygen atoms in total. The molecule has 0 saturated heterocycles. The standard InChI is InChI=1S/C50H31N3O/c1-3-13-32(14-4-1)33-23-25-36(26-24-33)48-51-47(35-16-5-2-6-17-35)52-49(53-48)37-28-30-45-44(31-37)50(43-29-27-34-15-7-8-18-38(34)46(43)54-45)41-21-11-9-19-39(41)40-20-10-12-22-42(40)50/h1-31H. The van der Waals surface area contributed by atoms with E-state index in [0.29, 0.717) is 17.5 Å². The maximum absolute atomic E-state index is 6.98. The number of fused-ring (bicyclic) bond motifs is 11. The zero-order chi connectivity index (χ0) is 35.6. The van der Waals surface area contributed by atoms with Gasteiger partial charge in [0.15, 0.2) is 17.5 Å². The zero-order valence-electron chi connectivity index (χ0n) is 29.1. The van der Waals surface area contributed by atoms with Crippen LogP contribution < -0.4 is 4.74 Å². The van der Waals surface area contributed by atoms with Crippen LogP contribution >= 0.6 is 0 Å². The lowest BCUT2D eigenvalue weighted by atomic mass is 9.65. The Morgan fingerprint density at radius 1 is 0.352 bits per heavy atom. The Balaban J connectivity index is 1.14. The summed E-state index contributed by atoms with van der Waals surface area (Å²) in [6, 6.07) is 66.0. The van der Waals surface area contributed by atoms with Gasteiger partial charge in [-0.2, -0.15) is 0 Å². The highest BCUT2D eigenvalue weighted by atomic mass is 16.5. The Morgan fingerprint density at radius 3 is 1.54 bits per heavy atom. The lowest BCUT2D eigenvalue weighted by molar-refractivity contribution is 0.442. The van der Waals surface area contributed by atoms with Gasteiger partial charge in [-0.3, -0.25) is 0 Å². The van der Waals surface area contributed by atoms with Gasteiger partial charge in [-0.25, -0.2) is 15.0 Å². The van der Waals surface area contributed by atoms with Gasteiger partial charge in [-0.1, -0.05) is 170 Å². The van der Waals surface area contributed by atoms with Crippen molar-refractivity contribution in [2.45, 2.75) is 5.41 Å². The van der Waals surface area contributed by atoms with Gasteiger partial charge in [0.25, 0.3) is 0 Å². The number of benzene rings is 8. The molecule has 0 unspecified atom stereocenters. The molecule has 1 aromatic heterocycles. The van der Waals surface area contributed by atoms with Gasteiger partial charge >= 0.3 is 0 Å². The highest BCUT2D eigenvalue weighted by Crippen LogP contribution is 2.63. The molecule has 0 radical (unpaired) electrons. The molecule has 252 valence electrons. The molecule has 0 N–H and O–H groups in total. The minimum absolute atomic E-state index is 0.604. The zero-order valence-corrected chi connectivity index (χ0v) is 29.1. The van der Waals surface area contributed by atoms with Crippen molar-refractivity contribution in [3.05, 3.63) is 210 Å². The molecule has 0 atom stereocenters. The third-order valence-electron chi connectivity index (χ3n) is 11.0. The first-order chi connectivity index (χ1) is 26.8. The average molecular weight is 690 g/mol. The van der Waals surface area contributed by atoms with Crippen molar-refractivity contribution >= 4 is 10.8 Å². The Kier molecular flexibility index (Phi) is 6.73. The van der Waals surface area contributed by atoms with Crippen molar-refractivity contribution in [2.24, 2.45) is 0 Å². The topological polar surface area (TPSA) is 47.9 Å². The fraction of sp³-hybridized carbons (Fsp3) is 0.0200. The number of rotatable bonds is 4. The fourth-order valence-electron chi connectivity index (χ4n) is 8.56. The maximum Gasteiger partial charge on any atom is 0.164 e. The summed E-state index contributed by atoms with van der Waals surface area (Å²) in [6.45, 7) is 0. The average Bonchev–Trinajstić information content (AvgIpc) is 3.54. The minimum atomic E-state index is -0.623. The first-order valence-electron chi connectivity index (χ1n) is 18.3. The van der Waals surface area contributed by atoms with Crippen LogP contribution in [-0.4, -0.2) is 15.0 Å². The smallest absolute Gasteiger partial charge is 0.164 e. The predicted octanol–water partition coefficient (Wildman–Crippen LogP) is 12.2. The largest absolute Gasteiger partial charge is 0.456 e. The van der Waals surface area contributed by atoms with Crippen molar-refractivity contribution in [1.82, 2.24) is 15.0 Å². The van der Waals surface area contributed by atoms with Gasteiger partial charge in [-0.05, 0) is 57.0 Å². The van der Waals surface area contributed by atoms with E-state index in [-0.39, 0.29) is 0 Å². The quantitative estimate of drug-likeness (QED) is 0.185. The molecule has 0 amide bonds. The Labute approximate surface area is 313 Å². The Bertz CT molecular complexity index is 2860.